The lowest BCUT2D eigenvalue weighted by Crippen LogP contribution is -2.19. The zero-order valence-electron chi connectivity index (χ0n) is 11.1. The summed E-state index contributed by atoms with van der Waals surface area (Å²) in [5, 5.41) is 2.47. The molecule has 0 saturated heterocycles. The van der Waals surface area contributed by atoms with Crippen LogP contribution in [0.4, 0.5) is 0 Å². The Balaban J connectivity index is 2.11. The number of carbonyl (C=O) groups is 1. The summed E-state index contributed by atoms with van der Waals surface area (Å²) in [5.74, 6) is -0.0948. The molecule has 5 heteroatoms. The number of sulfone groups is 1. The summed E-state index contributed by atoms with van der Waals surface area (Å²) in [6.45, 7) is 1.89. The van der Waals surface area contributed by atoms with Crippen LogP contribution in [0.1, 0.15) is 38.2 Å². The Morgan fingerprint density at radius 1 is 1.21 bits per heavy atom. The van der Waals surface area contributed by atoms with Crippen LogP contribution in [0.5, 0.6) is 0 Å². The van der Waals surface area contributed by atoms with Gasteiger partial charge in [0.1, 0.15) is 0 Å². The van der Waals surface area contributed by atoms with Crippen LogP contribution in [0.3, 0.4) is 0 Å². The first-order valence-corrected chi connectivity index (χ1v) is 8.12. The molecule has 104 valence electrons. The van der Waals surface area contributed by atoms with Crippen LogP contribution in [0.25, 0.3) is 0 Å². The van der Waals surface area contributed by atoms with Crippen molar-refractivity contribution >= 4 is 15.7 Å². The molecule has 0 bridgehead atoms. The molecule has 1 aliphatic carbocycles. The molecule has 0 atom stereocenters. The Bertz CT molecular complexity index is 543. The Kier molecular flexibility index (Phi) is 4.24. The molecule has 1 aromatic carbocycles. The number of benzene rings is 1. The van der Waals surface area contributed by atoms with Gasteiger partial charge in [-0.15, -0.1) is 0 Å². The Morgan fingerprint density at radius 2 is 1.79 bits per heavy atom. The molecule has 1 aromatic rings. The van der Waals surface area contributed by atoms with Crippen molar-refractivity contribution in [1.82, 2.24) is 5.32 Å². The number of carbonyl (C=O) groups excluding carboxylic acids is 1. The van der Waals surface area contributed by atoms with Gasteiger partial charge in [-0.05, 0) is 30.5 Å². The van der Waals surface area contributed by atoms with Crippen LogP contribution < -0.4 is 5.32 Å². The third-order valence-corrected chi connectivity index (χ3v) is 5.81. The van der Waals surface area contributed by atoms with Crippen molar-refractivity contribution in [3.63, 3.8) is 0 Å². The van der Waals surface area contributed by atoms with E-state index in [-0.39, 0.29) is 11.2 Å². The summed E-state index contributed by atoms with van der Waals surface area (Å²) in [6.07, 6.45) is 3.56. The number of nitrogens with one attached hydrogen (secondary N) is 1. The van der Waals surface area contributed by atoms with Crippen LogP contribution in [-0.4, -0.2) is 19.6 Å². The molecular formula is C14H19NO3S. The van der Waals surface area contributed by atoms with Gasteiger partial charge in [-0.25, -0.2) is 8.42 Å². The number of amides is 1. The fourth-order valence-corrected chi connectivity index (χ4v) is 4.27. The molecule has 1 N–H and O–H groups in total. The Labute approximate surface area is 114 Å². The van der Waals surface area contributed by atoms with E-state index < -0.39 is 9.84 Å². The van der Waals surface area contributed by atoms with E-state index in [2.05, 4.69) is 5.32 Å². The molecule has 1 aliphatic rings. The lowest BCUT2D eigenvalue weighted by molar-refractivity contribution is -0.119. The second kappa shape index (κ2) is 5.74. The van der Waals surface area contributed by atoms with Gasteiger partial charge in [0.15, 0.2) is 9.84 Å². The minimum atomic E-state index is -3.17. The number of rotatable bonds is 4. The first kappa shape index (κ1) is 14.1. The van der Waals surface area contributed by atoms with Gasteiger partial charge in [0, 0.05) is 13.5 Å². The van der Waals surface area contributed by atoms with Crippen molar-refractivity contribution < 1.29 is 13.2 Å². The van der Waals surface area contributed by atoms with Gasteiger partial charge in [0.25, 0.3) is 0 Å². The highest BCUT2D eigenvalue weighted by Crippen LogP contribution is 2.29. The second-order valence-corrected chi connectivity index (χ2v) is 7.23. The Hall–Kier alpha value is -1.36. The predicted molar refractivity (Wildman–Crippen MR) is 73.4 cm³/mol. The maximum atomic E-state index is 12.3. The molecule has 2 rings (SSSR count). The highest BCUT2D eigenvalue weighted by atomic mass is 32.2. The lowest BCUT2D eigenvalue weighted by atomic mass is 10.2. The highest BCUT2D eigenvalue weighted by Gasteiger charge is 2.29. The average Bonchev–Trinajstić information content (AvgIpc) is 2.91. The van der Waals surface area contributed by atoms with E-state index in [1.165, 1.54) is 6.92 Å². The van der Waals surface area contributed by atoms with Crippen LogP contribution in [-0.2, 0) is 21.2 Å². The van der Waals surface area contributed by atoms with Gasteiger partial charge in [-0.3, -0.25) is 4.79 Å². The number of hydrogen-bond acceptors (Lipinski definition) is 3. The Morgan fingerprint density at radius 3 is 2.32 bits per heavy atom. The normalized spacial score (nSPS) is 16.5. The fraction of sp³-hybridized carbons (Fsp3) is 0.500. The molecule has 1 saturated carbocycles. The summed E-state index contributed by atoms with van der Waals surface area (Å²) >= 11 is 0. The topological polar surface area (TPSA) is 63.2 Å². The van der Waals surface area contributed by atoms with E-state index in [1.54, 1.807) is 24.3 Å². The van der Waals surface area contributed by atoms with Gasteiger partial charge in [0.05, 0.1) is 10.1 Å². The molecule has 0 spiro atoms. The van der Waals surface area contributed by atoms with E-state index in [9.17, 15) is 13.2 Å². The van der Waals surface area contributed by atoms with Crippen LogP contribution >= 0.6 is 0 Å². The summed E-state index contributed by atoms with van der Waals surface area (Å²) in [6, 6.07) is 6.81. The zero-order valence-corrected chi connectivity index (χ0v) is 11.9. The average molecular weight is 281 g/mol. The van der Waals surface area contributed by atoms with E-state index in [0.717, 1.165) is 31.2 Å². The molecule has 1 amide bonds. The van der Waals surface area contributed by atoms with Crippen molar-refractivity contribution in [1.29, 1.82) is 0 Å². The first-order valence-electron chi connectivity index (χ1n) is 6.57. The third-order valence-electron chi connectivity index (χ3n) is 3.53. The molecular weight excluding hydrogens is 262 g/mol. The van der Waals surface area contributed by atoms with Gasteiger partial charge in [0.2, 0.25) is 5.91 Å². The zero-order chi connectivity index (χ0) is 13.9. The third kappa shape index (κ3) is 3.35. The monoisotopic (exact) mass is 281 g/mol. The SMILES string of the molecule is CC(=O)NCc1ccc(S(=O)(=O)C2CCCC2)cc1. The van der Waals surface area contributed by atoms with Crippen molar-refractivity contribution in [3.8, 4) is 0 Å². The predicted octanol–water partition coefficient (Wildman–Crippen LogP) is 2.04. The van der Waals surface area contributed by atoms with E-state index in [1.807, 2.05) is 0 Å². The minimum Gasteiger partial charge on any atom is -0.352 e. The highest BCUT2D eigenvalue weighted by molar-refractivity contribution is 7.92. The first-order chi connectivity index (χ1) is 9.00. The molecule has 0 heterocycles. The van der Waals surface area contributed by atoms with E-state index in [0.29, 0.717) is 11.4 Å². The van der Waals surface area contributed by atoms with Crippen molar-refractivity contribution in [2.24, 2.45) is 0 Å². The summed E-state index contributed by atoms with van der Waals surface area (Å²) in [5.41, 5.74) is 0.903. The molecule has 0 unspecified atom stereocenters. The minimum absolute atomic E-state index is 0.0948. The largest absolute Gasteiger partial charge is 0.352 e. The lowest BCUT2D eigenvalue weighted by Gasteiger charge is -2.11. The van der Waals surface area contributed by atoms with Gasteiger partial charge < -0.3 is 5.32 Å². The van der Waals surface area contributed by atoms with Gasteiger partial charge in [-0.1, -0.05) is 25.0 Å². The van der Waals surface area contributed by atoms with Gasteiger partial charge >= 0.3 is 0 Å². The standard InChI is InChI=1S/C14H19NO3S/c1-11(16)15-10-12-6-8-14(9-7-12)19(17,18)13-4-2-3-5-13/h6-9,13H,2-5,10H2,1H3,(H,15,16). The molecule has 4 nitrogen and oxygen atoms in total. The molecule has 0 aromatic heterocycles. The number of hydrogen-bond donors (Lipinski definition) is 1. The van der Waals surface area contributed by atoms with Gasteiger partial charge in [-0.2, -0.15) is 0 Å². The fourth-order valence-electron chi connectivity index (χ4n) is 2.41. The maximum absolute atomic E-state index is 12.3. The van der Waals surface area contributed by atoms with Crippen LogP contribution in [0.15, 0.2) is 29.2 Å². The summed E-state index contributed by atoms with van der Waals surface area (Å²) < 4.78 is 24.7. The van der Waals surface area contributed by atoms with Crippen molar-refractivity contribution in [2.75, 3.05) is 0 Å². The molecule has 0 aliphatic heterocycles. The maximum Gasteiger partial charge on any atom is 0.217 e. The van der Waals surface area contributed by atoms with Crippen molar-refractivity contribution in [2.45, 2.75) is 49.3 Å². The smallest absolute Gasteiger partial charge is 0.217 e. The van der Waals surface area contributed by atoms with E-state index >= 15 is 0 Å². The molecule has 1 fully saturated rings. The molecule has 0 radical (unpaired) electrons. The van der Waals surface area contributed by atoms with Crippen molar-refractivity contribution in [3.05, 3.63) is 29.8 Å². The quantitative estimate of drug-likeness (QED) is 0.918. The summed E-state index contributed by atoms with van der Waals surface area (Å²) in [7, 11) is -3.17. The summed E-state index contributed by atoms with van der Waals surface area (Å²) in [4.78, 5) is 11.2. The second-order valence-electron chi connectivity index (χ2n) is 5.01. The van der Waals surface area contributed by atoms with Crippen LogP contribution in [0.2, 0.25) is 0 Å². The van der Waals surface area contributed by atoms with E-state index in [4.69, 9.17) is 0 Å². The van der Waals surface area contributed by atoms with Crippen LogP contribution in [0, 0.1) is 0 Å². The molecule has 19 heavy (non-hydrogen) atoms.